The first-order chi connectivity index (χ1) is 6.89. The largest absolute Gasteiger partial charge is 0.327 e. The van der Waals surface area contributed by atoms with E-state index in [0.717, 1.165) is 19.3 Å². The highest BCUT2D eigenvalue weighted by Crippen LogP contribution is 2.21. The lowest BCUT2D eigenvalue weighted by Gasteiger charge is -2.26. The second-order valence-electron chi connectivity index (χ2n) is 5.35. The molecule has 1 rings (SSSR count). The molecule has 0 fully saturated rings. The molecule has 0 aliphatic heterocycles. The second kappa shape index (κ2) is 4.79. The average molecular weight is 209 g/mol. The first kappa shape index (κ1) is 12.2. The summed E-state index contributed by atoms with van der Waals surface area (Å²) in [5, 5.41) is 4.35. The molecule has 15 heavy (non-hydrogen) atoms. The van der Waals surface area contributed by atoms with E-state index in [4.69, 9.17) is 5.73 Å². The highest BCUT2D eigenvalue weighted by Gasteiger charge is 2.19. The zero-order valence-corrected chi connectivity index (χ0v) is 10.3. The van der Waals surface area contributed by atoms with Crippen molar-refractivity contribution in [3.8, 4) is 0 Å². The Morgan fingerprint density at radius 3 is 2.60 bits per heavy atom. The number of hydrogen-bond acceptors (Lipinski definition) is 2. The summed E-state index contributed by atoms with van der Waals surface area (Å²) in [6.07, 6.45) is 5.21. The standard InChI is InChI=1S/C12H23N3/c1-12(2,3)11(13)7-5-6-10-8-9-15(4)14-10/h8-9,11H,5-7,13H2,1-4H3. The molecular formula is C12H23N3. The average Bonchev–Trinajstić information content (AvgIpc) is 2.49. The minimum absolute atomic E-state index is 0.212. The van der Waals surface area contributed by atoms with E-state index in [1.807, 2.05) is 17.9 Å². The summed E-state index contributed by atoms with van der Waals surface area (Å²) >= 11 is 0. The fourth-order valence-corrected chi connectivity index (χ4v) is 1.53. The van der Waals surface area contributed by atoms with E-state index < -0.39 is 0 Å². The van der Waals surface area contributed by atoms with Gasteiger partial charge in [-0.2, -0.15) is 5.10 Å². The molecule has 0 aliphatic carbocycles. The number of nitrogens with two attached hydrogens (primary N) is 1. The number of aryl methyl sites for hydroxylation is 2. The van der Waals surface area contributed by atoms with Crippen LogP contribution < -0.4 is 5.73 Å². The Morgan fingerprint density at radius 1 is 1.47 bits per heavy atom. The van der Waals surface area contributed by atoms with E-state index in [-0.39, 0.29) is 11.5 Å². The maximum atomic E-state index is 6.09. The van der Waals surface area contributed by atoms with Gasteiger partial charge in [-0.3, -0.25) is 4.68 Å². The highest BCUT2D eigenvalue weighted by molar-refractivity contribution is 4.98. The van der Waals surface area contributed by atoms with Gasteiger partial charge in [-0.1, -0.05) is 20.8 Å². The van der Waals surface area contributed by atoms with Crippen molar-refractivity contribution < 1.29 is 0 Å². The third-order valence-electron chi connectivity index (χ3n) is 2.83. The first-order valence-electron chi connectivity index (χ1n) is 5.63. The van der Waals surface area contributed by atoms with Gasteiger partial charge in [0.1, 0.15) is 0 Å². The van der Waals surface area contributed by atoms with E-state index >= 15 is 0 Å². The van der Waals surface area contributed by atoms with E-state index in [0.29, 0.717) is 0 Å². The molecule has 1 unspecified atom stereocenters. The summed E-state index contributed by atoms with van der Waals surface area (Å²) in [6.45, 7) is 6.58. The number of aromatic nitrogens is 2. The van der Waals surface area contributed by atoms with Crippen molar-refractivity contribution in [3.05, 3.63) is 18.0 Å². The van der Waals surface area contributed by atoms with Crippen LogP contribution in [0.15, 0.2) is 12.3 Å². The Kier molecular flexibility index (Phi) is 3.91. The van der Waals surface area contributed by atoms with Crippen molar-refractivity contribution in [2.75, 3.05) is 0 Å². The molecule has 0 saturated carbocycles. The Labute approximate surface area is 92.7 Å². The lowest BCUT2D eigenvalue weighted by molar-refractivity contribution is 0.301. The Balaban J connectivity index is 2.28. The molecule has 3 nitrogen and oxygen atoms in total. The van der Waals surface area contributed by atoms with Gasteiger partial charge in [0.05, 0.1) is 5.69 Å². The van der Waals surface area contributed by atoms with E-state index in [1.54, 1.807) is 0 Å². The molecular weight excluding hydrogens is 186 g/mol. The number of rotatable bonds is 4. The molecule has 1 atom stereocenters. The van der Waals surface area contributed by atoms with Crippen molar-refractivity contribution in [1.29, 1.82) is 0 Å². The van der Waals surface area contributed by atoms with Crippen LogP contribution in [0.25, 0.3) is 0 Å². The van der Waals surface area contributed by atoms with Crippen molar-refractivity contribution >= 4 is 0 Å². The van der Waals surface area contributed by atoms with Gasteiger partial charge in [0.2, 0.25) is 0 Å². The van der Waals surface area contributed by atoms with Gasteiger partial charge < -0.3 is 5.73 Å². The monoisotopic (exact) mass is 209 g/mol. The predicted octanol–water partition coefficient (Wildman–Crippen LogP) is 2.12. The minimum Gasteiger partial charge on any atom is -0.327 e. The van der Waals surface area contributed by atoms with Gasteiger partial charge >= 0.3 is 0 Å². The normalized spacial score (nSPS) is 14.2. The molecule has 1 aromatic heterocycles. The summed E-state index contributed by atoms with van der Waals surface area (Å²) in [6, 6.07) is 2.35. The second-order valence-corrected chi connectivity index (χ2v) is 5.35. The van der Waals surface area contributed by atoms with Gasteiger partial charge in [-0.05, 0) is 30.7 Å². The summed E-state index contributed by atoms with van der Waals surface area (Å²) in [7, 11) is 1.95. The zero-order chi connectivity index (χ0) is 11.5. The summed E-state index contributed by atoms with van der Waals surface area (Å²) in [4.78, 5) is 0. The summed E-state index contributed by atoms with van der Waals surface area (Å²) < 4.78 is 1.85. The first-order valence-corrected chi connectivity index (χ1v) is 5.63. The third-order valence-corrected chi connectivity index (χ3v) is 2.83. The van der Waals surface area contributed by atoms with Gasteiger partial charge in [0.15, 0.2) is 0 Å². The predicted molar refractivity (Wildman–Crippen MR) is 63.6 cm³/mol. The fourth-order valence-electron chi connectivity index (χ4n) is 1.53. The van der Waals surface area contributed by atoms with Gasteiger partial charge in [-0.25, -0.2) is 0 Å². The van der Waals surface area contributed by atoms with Crippen LogP contribution in [-0.4, -0.2) is 15.8 Å². The van der Waals surface area contributed by atoms with Gasteiger partial charge in [0, 0.05) is 19.3 Å². The molecule has 0 bridgehead atoms. The van der Waals surface area contributed by atoms with Crippen molar-refractivity contribution in [2.24, 2.45) is 18.2 Å². The van der Waals surface area contributed by atoms with Crippen LogP contribution in [0.2, 0.25) is 0 Å². The van der Waals surface area contributed by atoms with Crippen LogP contribution in [0.4, 0.5) is 0 Å². The fraction of sp³-hybridized carbons (Fsp3) is 0.750. The SMILES string of the molecule is Cn1ccc(CCCC(N)C(C)(C)C)n1. The van der Waals surface area contributed by atoms with Crippen LogP contribution in [0.3, 0.4) is 0 Å². The van der Waals surface area contributed by atoms with Crippen LogP contribution in [0.1, 0.15) is 39.3 Å². The van der Waals surface area contributed by atoms with Crippen LogP contribution >= 0.6 is 0 Å². The summed E-state index contributed by atoms with van der Waals surface area (Å²) in [5.41, 5.74) is 7.47. The molecule has 3 heteroatoms. The molecule has 1 aromatic rings. The molecule has 0 saturated heterocycles. The molecule has 2 N–H and O–H groups in total. The molecule has 1 heterocycles. The molecule has 0 amide bonds. The Morgan fingerprint density at radius 2 is 2.13 bits per heavy atom. The zero-order valence-electron chi connectivity index (χ0n) is 10.3. The van der Waals surface area contributed by atoms with Crippen molar-refractivity contribution in [1.82, 2.24) is 9.78 Å². The maximum absolute atomic E-state index is 6.09. The van der Waals surface area contributed by atoms with Crippen molar-refractivity contribution in [2.45, 2.75) is 46.1 Å². The van der Waals surface area contributed by atoms with Crippen LogP contribution in [-0.2, 0) is 13.5 Å². The lowest BCUT2D eigenvalue weighted by Crippen LogP contribution is -2.34. The minimum atomic E-state index is 0.212. The van der Waals surface area contributed by atoms with E-state index in [9.17, 15) is 0 Å². The quantitative estimate of drug-likeness (QED) is 0.825. The smallest absolute Gasteiger partial charge is 0.0624 e. The molecule has 0 spiro atoms. The third kappa shape index (κ3) is 4.04. The lowest BCUT2D eigenvalue weighted by atomic mass is 9.84. The Bertz CT molecular complexity index is 296. The number of hydrogen-bond donors (Lipinski definition) is 1. The molecule has 86 valence electrons. The van der Waals surface area contributed by atoms with Gasteiger partial charge in [-0.15, -0.1) is 0 Å². The van der Waals surface area contributed by atoms with Crippen molar-refractivity contribution in [3.63, 3.8) is 0 Å². The molecule has 0 aliphatic rings. The topological polar surface area (TPSA) is 43.8 Å². The van der Waals surface area contributed by atoms with E-state index in [1.165, 1.54) is 5.69 Å². The number of nitrogens with zero attached hydrogens (tertiary/aromatic N) is 2. The molecule has 0 radical (unpaired) electrons. The summed E-state index contributed by atoms with van der Waals surface area (Å²) in [5.74, 6) is 0. The highest BCUT2D eigenvalue weighted by atomic mass is 15.2. The Hall–Kier alpha value is -0.830. The van der Waals surface area contributed by atoms with Crippen LogP contribution in [0, 0.1) is 5.41 Å². The maximum Gasteiger partial charge on any atom is 0.0624 e. The van der Waals surface area contributed by atoms with Gasteiger partial charge in [0.25, 0.3) is 0 Å². The van der Waals surface area contributed by atoms with E-state index in [2.05, 4.69) is 31.9 Å². The van der Waals surface area contributed by atoms with Crippen LogP contribution in [0.5, 0.6) is 0 Å². The molecule has 0 aromatic carbocycles.